The van der Waals surface area contributed by atoms with Crippen molar-refractivity contribution < 1.29 is 28.9 Å². The molecule has 152 valence electrons. The van der Waals surface area contributed by atoms with Gasteiger partial charge in [0, 0.05) is 11.6 Å². The van der Waals surface area contributed by atoms with Crippen LogP contribution in [0.3, 0.4) is 0 Å². The molecule has 0 bridgehead atoms. The Hall–Kier alpha value is -2.96. The first kappa shape index (κ1) is 20.8. The number of esters is 2. The van der Waals surface area contributed by atoms with Crippen molar-refractivity contribution in [2.75, 3.05) is 13.2 Å². The van der Waals surface area contributed by atoms with Crippen LogP contribution in [0.25, 0.3) is 6.08 Å². The number of ether oxygens (including phenoxy) is 3. The molecule has 3 rings (SSSR count). The fourth-order valence-corrected chi connectivity index (χ4v) is 2.72. The quantitative estimate of drug-likeness (QED) is 0.319. The van der Waals surface area contributed by atoms with Gasteiger partial charge in [-0.1, -0.05) is 56.3 Å². The topological polar surface area (TPSA) is 85.4 Å². The molecule has 2 aromatic carbocycles. The van der Waals surface area contributed by atoms with Crippen LogP contribution in [-0.2, 0) is 31.3 Å². The lowest BCUT2D eigenvalue weighted by atomic mass is 9.98. The van der Waals surface area contributed by atoms with Gasteiger partial charge in [0.15, 0.2) is 5.60 Å². The van der Waals surface area contributed by atoms with Crippen LogP contribution < -0.4 is 4.74 Å². The van der Waals surface area contributed by atoms with Gasteiger partial charge in [0.2, 0.25) is 0 Å². The summed E-state index contributed by atoms with van der Waals surface area (Å²) in [5.74, 6) is -0.877. The van der Waals surface area contributed by atoms with Crippen molar-refractivity contribution in [2.45, 2.75) is 26.1 Å². The van der Waals surface area contributed by atoms with Crippen molar-refractivity contribution in [1.29, 1.82) is 0 Å². The molecule has 0 spiro atoms. The van der Waals surface area contributed by atoms with E-state index in [9.17, 15) is 14.7 Å². The van der Waals surface area contributed by atoms with Crippen LogP contribution in [0, 0.1) is 5.92 Å². The number of carbonyl (C=O) groups is 2. The third-order valence-electron chi connectivity index (χ3n) is 4.55. The van der Waals surface area contributed by atoms with Crippen LogP contribution in [-0.4, -0.2) is 30.3 Å². The standard InChI is InChI=1S/C23H24O6/c1-16(2)22(26)29-20-12-18(13-24)8-10-19(20)23(15-28-23)14-27-21(25)11-9-17-6-4-3-5-7-17/h3-12,16,24H,13-15H2,1-2H3/t23-/m1/s1. The lowest BCUT2D eigenvalue weighted by molar-refractivity contribution is -0.140. The fourth-order valence-electron chi connectivity index (χ4n) is 2.72. The maximum atomic E-state index is 12.1. The second-order valence-electron chi connectivity index (χ2n) is 7.20. The van der Waals surface area contributed by atoms with E-state index in [1.165, 1.54) is 6.08 Å². The second kappa shape index (κ2) is 9.03. The van der Waals surface area contributed by atoms with E-state index in [2.05, 4.69) is 0 Å². The summed E-state index contributed by atoms with van der Waals surface area (Å²) in [5.41, 5.74) is 1.27. The SMILES string of the molecule is CC(C)C(=O)Oc1cc(CO)ccc1[C@@]1(COC(=O)C=Cc2ccccc2)CO1. The zero-order chi connectivity index (χ0) is 20.9. The van der Waals surface area contributed by atoms with Gasteiger partial charge in [-0.3, -0.25) is 4.79 Å². The van der Waals surface area contributed by atoms with Crippen molar-refractivity contribution in [1.82, 2.24) is 0 Å². The summed E-state index contributed by atoms with van der Waals surface area (Å²) >= 11 is 0. The van der Waals surface area contributed by atoms with E-state index in [1.807, 2.05) is 30.3 Å². The zero-order valence-electron chi connectivity index (χ0n) is 16.5. The van der Waals surface area contributed by atoms with E-state index >= 15 is 0 Å². The first-order valence-corrected chi connectivity index (χ1v) is 9.43. The van der Waals surface area contributed by atoms with E-state index in [4.69, 9.17) is 14.2 Å². The van der Waals surface area contributed by atoms with Crippen LogP contribution in [0.1, 0.15) is 30.5 Å². The number of aliphatic hydroxyl groups excluding tert-OH is 1. The molecule has 1 heterocycles. The van der Waals surface area contributed by atoms with Crippen molar-refractivity contribution in [3.05, 3.63) is 71.3 Å². The Labute approximate surface area is 169 Å². The minimum absolute atomic E-state index is 0.00430. The molecule has 0 aliphatic carbocycles. The van der Waals surface area contributed by atoms with E-state index in [-0.39, 0.29) is 25.1 Å². The molecule has 1 N–H and O–H groups in total. The third kappa shape index (κ3) is 5.31. The third-order valence-corrected chi connectivity index (χ3v) is 4.55. The zero-order valence-corrected chi connectivity index (χ0v) is 16.5. The highest BCUT2D eigenvalue weighted by atomic mass is 16.6. The molecule has 0 aromatic heterocycles. The number of rotatable bonds is 8. The lowest BCUT2D eigenvalue weighted by Gasteiger charge is -2.18. The summed E-state index contributed by atoms with van der Waals surface area (Å²) in [7, 11) is 0. The van der Waals surface area contributed by atoms with Crippen LogP contribution in [0.5, 0.6) is 5.75 Å². The van der Waals surface area contributed by atoms with Crippen LogP contribution in [0.2, 0.25) is 0 Å². The van der Waals surface area contributed by atoms with Gasteiger partial charge in [-0.25, -0.2) is 4.79 Å². The van der Waals surface area contributed by atoms with Crippen LogP contribution in [0.4, 0.5) is 0 Å². The Morgan fingerprint density at radius 2 is 1.93 bits per heavy atom. The molecule has 1 atom stereocenters. The van der Waals surface area contributed by atoms with Gasteiger partial charge in [-0.2, -0.15) is 0 Å². The average Bonchev–Trinajstić information content (AvgIpc) is 3.52. The summed E-state index contributed by atoms with van der Waals surface area (Å²) in [4.78, 5) is 24.2. The molecule has 6 heteroatoms. The second-order valence-corrected chi connectivity index (χ2v) is 7.20. The Morgan fingerprint density at radius 3 is 2.55 bits per heavy atom. The van der Waals surface area contributed by atoms with Gasteiger partial charge in [0.25, 0.3) is 0 Å². The first-order chi connectivity index (χ1) is 13.9. The summed E-state index contributed by atoms with van der Waals surface area (Å²) in [5, 5.41) is 9.40. The number of epoxide rings is 1. The highest BCUT2D eigenvalue weighted by Gasteiger charge is 2.50. The van der Waals surface area contributed by atoms with Crippen molar-refractivity contribution in [3.8, 4) is 5.75 Å². The van der Waals surface area contributed by atoms with Crippen molar-refractivity contribution in [2.24, 2.45) is 5.92 Å². The van der Waals surface area contributed by atoms with E-state index in [1.54, 1.807) is 38.1 Å². The maximum absolute atomic E-state index is 12.1. The number of carbonyl (C=O) groups excluding carboxylic acids is 2. The van der Waals surface area contributed by atoms with Crippen LogP contribution >= 0.6 is 0 Å². The minimum Gasteiger partial charge on any atom is -0.459 e. The van der Waals surface area contributed by atoms with E-state index < -0.39 is 11.6 Å². The van der Waals surface area contributed by atoms with Gasteiger partial charge in [-0.15, -0.1) is 0 Å². The normalized spacial score (nSPS) is 18.1. The Kier molecular flexibility index (Phi) is 6.46. The largest absolute Gasteiger partial charge is 0.459 e. The number of hydrogen-bond donors (Lipinski definition) is 1. The number of hydrogen-bond acceptors (Lipinski definition) is 6. The lowest BCUT2D eigenvalue weighted by Crippen LogP contribution is -2.23. The monoisotopic (exact) mass is 396 g/mol. The molecule has 1 aliphatic rings. The molecule has 1 saturated heterocycles. The van der Waals surface area contributed by atoms with Gasteiger partial charge in [0.05, 0.1) is 19.1 Å². The Bertz CT molecular complexity index is 897. The van der Waals surface area contributed by atoms with E-state index in [0.717, 1.165) is 5.56 Å². The summed E-state index contributed by atoms with van der Waals surface area (Å²) in [6.45, 7) is 3.63. The molecule has 0 unspecified atom stereocenters. The molecule has 1 aliphatic heterocycles. The van der Waals surface area contributed by atoms with Crippen molar-refractivity contribution in [3.63, 3.8) is 0 Å². The maximum Gasteiger partial charge on any atom is 0.330 e. The first-order valence-electron chi connectivity index (χ1n) is 9.43. The minimum atomic E-state index is -0.850. The molecule has 0 radical (unpaired) electrons. The number of benzene rings is 2. The van der Waals surface area contributed by atoms with Gasteiger partial charge in [0.1, 0.15) is 12.4 Å². The molecule has 0 saturated carbocycles. The summed E-state index contributed by atoms with van der Waals surface area (Å²) in [6, 6.07) is 14.5. The van der Waals surface area contributed by atoms with Crippen LogP contribution in [0.15, 0.2) is 54.6 Å². The molecular formula is C23H24O6. The molecule has 0 amide bonds. The highest BCUT2D eigenvalue weighted by molar-refractivity contribution is 5.87. The van der Waals surface area contributed by atoms with Crippen molar-refractivity contribution >= 4 is 18.0 Å². The average molecular weight is 396 g/mol. The molecule has 1 fully saturated rings. The van der Waals surface area contributed by atoms with E-state index in [0.29, 0.717) is 23.5 Å². The molecule has 29 heavy (non-hydrogen) atoms. The molecular weight excluding hydrogens is 372 g/mol. The smallest absolute Gasteiger partial charge is 0.330 e. The fraction of sp³-hybridized carbons (Fsp3) is 0.304. The predicted molar refractivity (Wildman–Crippen MR) is 107 cm³/mol. The summed E-state index contributed by atoms with van der Waals surface area (Å²) < 4.78 is 16.5. The molecule has 2 aromatic rings. The highest BCUT2D eigenvalue weighted by Crippen LogP contribution is 2.44. The number of aliphatic hydroxyl groups is 1. The molecule has 6 nitrogen and oxygen atoms in total. The Balaban J connectivity index is 1.71. The summed E-state index contributed by atoms with van der Waals surface area (Å²) in [6.07, 6.45) is 3.04. The predicted octanol–water partition coefficient (Wildman–Crippen LogP) is 3.22. The van der Waals surface area contributed by atoms with Gasteiger partial charge in [-0.05, 0) is 23.3 Å². The Morgan fingerprint density at radius 1 is 1.21 bits per heavy atom. The van der Waals surface area contributed by atoms with Gasteiger partial charge >= 0.3 is 11.9 Å². The van der Waals surface area contributed by atoms with Gasteiger partial charge < -0.3 is 19.3 Å².